The highest BCUT2D eigenvalue weighted by Crippen LogP contribution is 2.24. The molecule has 1 heterocycles. The molecule has 4 nitrogen and oxygen atoms in total. The fourth-order valence-electron chi connectivity index (χ4n) is 2.86. The third kappa shape index (κ3) is 4.56. The summed E-state index contributed by atoms with van der Waals surface area (Å²) in [5.41, 5.74) is 1.74. The molecule has 1 aliphatic heterocycles. The average Bonchev–Trinajstić information content (AvgIpc) is 2.43. The Hall–Kier alpha value is -1.36. The molecule has 1 fully saturated rings. The van der Waals surface area contributed by atoms with Crippen LogP contribution in [0.2, 0.25) is 0 Å². The fraction of sp³-hybridized carbons (Fsp3) is 0.500. The first kappa shape index (κ1) is 16.0. The molecule has 1 unspecified atom stereocenters. The zero-order valence-electron chi connectivity index (χ0n) is 12.1. The molecule has 0 spiro atoms. The number of aryl methyl sites for hydroxylation is 1. The van der Waals surface area contributed by atoms with E-state index in [1.165, 1.54) is 0 Å². The van der Waals surface area contributed by atoms with E-state index < -0.39 is 5.97 Å². The van der Waals surface area contributed by atoms with Gasteiger partial charge in [-0.2, -0.15) is 0 Å². The number of carbonyl (C=O) groups is 2. The van der Waals surface area contributed by atoms with E-state index in [1.807, 2.05) is 30.0 Å². The lowest BCUT2D eigenvalue weighted by Crippen LogP contribution is -2.40. The first-order valence-electron chi connectivity index (χ1n) is 7.24. The van der Waals surface area contributed by atoms with Crippen LogP contribution in [0, 0.1) is 12.8 Å². The first-order chi connectivity index (χ1) is 9.95. The maximum atomic E-state index is 12.6. The Labute approximate surface area is 133 Å². The lowest BCUT2D eigenvalue weighted by Gasteiger charge is -2.32. The number of hydrogen-bond donors (Lipinski definition) is 1. The van der Waals surface area contributed by atoms with Gasteiger partial charge in [-0.3, -0.25) is 9.59 Å². The first-order valence-corrected chi connectivity index (χ1v) is 8.03. The van der Waals surface area contributed by atoms with Crippen molar-refractivity contribution in [3.63, 3.8) is 0 Å². The van der Waals surface area contributed by atoms with Gasteiger partial charge in [-0.05, 0) is 55.9 Å². The lowest BCUT2D eigenvalue weighted by atomic mass is 9.93. The van der Waals surface area contributed by atoms with E-state index in [-0.39, 0.29) is 12.3 Å². The SMILES string of the molecule is Cc1cc(Br)cc(C(=O)N2CCCC(CCC(=O)O)C2)c1. The van der Waals surface area contributed by atoms with E-state index in [4.69, 9.17) is 5.11 Å². The number of carboxylic acids is 1. The summed E-state index contributed by atoms with van der Waals surface area (Å²) in [5, 5.41) is 8.77. The maximum Gasteiger partial charge on any atom is 0.303 e. The van der Waals surface area contributed by atoms with Crippen LogP contribution in [0.15, 0.2) is 22.7 Å². The number of hydrogen-bond acceptors (Lipinski definition) is 2. The predicted molar refractivity (Wildman–Crippen MR) is 84.4 cm³/mol. The Kier molecular flexibility index (Phi) is 5.39. The lowest BCUT2D eigenvalue weighted by molar-refractivity contribution is -0.137. The summed E-state index contributed by atoms with van der Waals surface area (Å²) in [4.78, 5) is 25.1. The standard InChI is InChI=1S/C16H20BrNO3/c1-11-7-13(9-14(17)8-11)16(21)18-6-2-3-12(10-18)4-5-15(19)20/h7-9,12H,2-6,10H2,1H3,(H,19,20). The zero-order chi connectivity index (χ0) is 15.4. The molecule has 1 atom stereocenters. The van der Waals surface area contributed by atoms with Crippen LogP contribution in [-0.4, -0.2) is 35.0 Å². The quantitative estimate of drug-likeness (QED) is 0.901. The molecule has 0 aliphatic carbocycles. The van der Waals surface area contributed by atoms with E-state index in [9.17, 15) is 9.59 Å². The highest BCUT2D eigenvalue weighted by atomic mass is 79.9. The Morgan fingerprint density at radius 2 is 2.14 bits per heavy atom. The predicted octanol–water partition coefficient (Wildman–Crippen LogP) is 3.47. The van der Waals surface area contributed by atoms with E-state index in [0.717, 1.165) is 29.4 Å². The average molecular weight is 354 g/mol. The van der Waals surface area contributed by atoms with Gasteiger partial charge in [0.15, 0.2) is 0 Å². The highest BCUT2D eigenvalue weighted by Gasteiger charge is 2.25. The number of rotatable bonds is 4. The molecule has 0 bridgehead atoms. The summed E-state index contributed by atoms with van der Waals surface area (Å²) in [6.45, 7) is 3.39. The molecule has 1 saturated heterocycles. The van der Waals surface area contributed by atoms with Gasteiger partial charge < -0.3 is 10.0 Å². The highest BCUT2D eigenvalue weighted by molar-refractivity contribution is 9.10. The van der Waals surface area contributed by atoms with Crippen molar-refractivity contribution in [2.45, 2.75) is 32.6 Å². The van der Waals surface area contributed by atoms with Gasteiger partial charge in [0.2, 0.25) is 0 Å². The minimum absolute atomic E-state index is 0.0411. The van der Waals surface area contributed by atoms with Crippen molar-refractivity contribution in [1.29, 1.82) is 0 Å². The smallest absolute Gasteiger partial charge is 0.303 e. The zero-order valence-corrected chi connectivity index (χ0v) is 13.7. The van der Waals surface area contributed by atoms with Crippen LogP contribution in [0.25, 0.3) is 0 Å². The molecule has 0 radical (unpaired) electrons. The largest absolute Gasteiger partial charge is 0.481 e. The molecule has 1 aromatic carbocycles. The normalized spacial score (nSPS) is 18.6. The van der Waals surface area contributed by atoms with Crippen molar-refractivity contribution in [3.8, 4) is 0 Å². The second-order valence-corrected chi connectivity index (χ2v) is 6.62. The van der Waals surface area contributed by atoms with Crippen LogP contribution in [0.5, 0.6) is 0 Å². The Morgan fingerprint density at radius 3 is 2.81 bits per heavy atom. The number of aliphatic carboxylic acids is 1. The second-order valence-electron chi connectivity index (χ2n) is 5.71. The molecule has 1 amide bonds. The van der Waals surface area contributed by atoms with Crippen molar-refractivity contribution in [2.24, 2.45) is 5.92 Å². The third-order valence-corrected chi connectivity index (χ3v) is 4.32. The van der Waals surface area contributed by atoms with Gasteiger partial charge in [-0.15, -0.1) is 0 Å². The van der Waals surface area contributed by atoms with E-state index >= 15 is 0 Å². The topological polar surface area (TPSA) is 57.6 Å². The van der Waals surface area contributed by atoms with Crippen molar-refractivity contribution in [2.75, 3.05) is 13.1 Å². The van der Waals surface area contributed by atoms with Crippen LogP contribution in [-0.2, 0) is 4.79 Å². The molecule has 5 heteroatoms. The maximum absolute atomic E-state index is 12.6. The number of carbonyl (C=O) groups excluding carboxylic acids is 1. The van der Waals surface area contributed by atoms with Crippen LogP contribution in [0.1, 0.15) is 41.6 Å². The molecule has 1 aromatic rings. The minimum Gasteiger partial charge on any atom is -0.481 e. The number of halogens is 1. The summed E-state index contributed by atoms with van der Waals surface area (Å²) >= 11 is 3.42. The Morgan fingerprint density at radius 1 is 1.38 bits per heavy atom. The number of benzene rings is 1. The molecular formula is C16H20BrNO3. The summed E-state index contributed by atoms with van der Waals surface area (Å²) in [6.07, 6.45) is 2.79. The Bertz CT molecular complexity index is 524. The number of carboxylic acid groups (broad SMARTS) is 1. The number of amides is 1. The third-order valence-electron chi connectivity index (χ3n) is 3.86. The van der Waals surface area contributed by atoms with Gasteiger partial charge >= 0.3 is 5.97 Å². The van der Waals surface area contributed by atoms with Crippen molar-refractivity contribution >= 4 is 27.8 Å². The van der Waals surface area contributed by atoms with Gasteiger partial charge in [-0.25, -0.2) is 0 Å². The van der Waals surface area contributed by atoms with Crippen LogP contribution in [0.3, 0.4) is 0 Å². The van der Waals surface area contributed by atoms with Crippen LogP contribution >= 0.6 is 15.9 Å². The number of piperidine rings is 1. The van der Waals surface area contributed by atoms with E-state index in [2.05, 4.69) is 15.9 Å². The van der Waals surface area contributed by atoms with Crippen molar-refractivity contribution in [3.05, 3.63) is 33.8 Å². The molecular weight excluding hydrogens is 334 g/mol. The molecule has 114 valence electrons. The van der Waals surface area contributed by atoms with Gasteiger partial charge in [0.05, 0.1) is 0 Å². The summed E-state index contributed by atoms with van der Waals surface area (Å²) in [7, 11) is 0. The molecule has 2 rings (SSSR count). The van der Waals surface area contributed by atoms with E-state index in [1.54, 1.807) is 0 Å². The monoisotopic (exact) mass is 353 g/mol. The van der Waals surface area contributed by atoms with Gasteiger partial charge in [0.1, 0.15) is 0 Å². The minimum atomic E-state index is -0.763. The summed E-state index contributed by atoms with van der Waals surface area (Å²) < 4.78 is 0.908. The van der Waals surface area contributed by atoms with Crippen LogP contribution < -0.4 is 0 Å². The number of nitrogens with zero attached hydrogens (tertiary/aromatic N) is 1. The van der Waals surface area contributed by atoms with Gasteiger partial charge in [0, 0.05) is 29.5 Å². The number of likely N-dealkylation sites (tertiary alicyclic amines) is 1. The Balaban J connectivity index is 2.03. The molecule has 1 aliphatic rings. The van der Waals surface area contributed by atoms with Crippen molar-refractivity contribution in [1.82, 2.24) is 4.90 Å². The van der Waals surface area contributed by atoms with Crippen molar-refractivity contribution < 1.29 is 14.7 Å². The van der Waals surface area contributed by atoms with Gasteiger partial charge in [0.25, 0.3) is 5.91 Å². The fourth-order valence-corrected chi connectivity index (χ4v) is 3.46. The molecule has 21 heavy (non-hydrogen) atoms. The van der Waals surface area contributed by atoms with Crippen LogP contribution in [0.4, 0.5) is 0 Å². The van der Waals surface area contributed by atoms with E-state index in [0.29, 0.717) is 24.4 Å². The molecule has 0 aromatic heterocycles. The molecule has 0 saturated carbocycles. The van der Waals surface area contributed by atoms with Gasteiger partial charge in [-0.1, -0.05) is 15.9 Å². The second kappa shape index (κ2) is 7.07. The summed E-state index contributed by atoms with van der Waals surface area (Å²) in [5.74, 6) is -0.424. The molecule has 1 N–H and O–H groups in total. The summed E-state index contributed by atoms with van der Waals surface area (Å²) in [6, 6.07) is 5.72.